The number of hydrogen-bond donors (Lipinski definition) is 0. The van der Waals surface area contributed by atoms with E-state index in [2.05, 4.69) is 255 Å². The van der Waals surface area contributed by atoms with Crippen molar-refractivity contribution in [3.63, 3.8) is 0 Å². The zero-order valence-electron chi connectivity index (χ0n) is 40.0. The standard InChI is InChI=1S/C61H60BN3/c1-39-18-25-44(26-19-39)51-32-41(3)22-29-54(51)65-56-31-24-43(5)34-53(56)62-52-33-42(4)23-30-55(52)64(47-27-20-40(2)21-28-47)57-37-50(38-58(65)59(57)62)63(48-16-12-14-45(35-48)60(6,7)8)49-17-13-15-46(36-49)61(9,10)11/h12-38H,1-11H3. The van der Waals surface area contributed by atoms with Gasteiger partial charge in [0.2, 0.25) is 0 Å². The molecule has 8 aromatic carbocycles. The molecule has 2 heterocycles. The van der Waals surface area contributed by atoms with Gasteiger partial charge in [0.25, 0.3) is 6.71 Å². The summed E-state index contributed by atoms with van der Waals surface area (Å²) in [6, 6.07) is 62.7. The fourth-order valence-corrected chi connectivity index (χ4v) is 10.1. The van der Waals surface area contributed by atoms with Crippen LogP contribution >= 0.6 is 0 Å². The second-order valence-corrected chi connectivity index (χ2v) is 20.8. The van der Waals surface area contributed by atoms with Crippen LogP contribution in [0.25, 0.3) is 11.1 Å². The molecular weight excluding hydrogens is 786 g/mol. The van der Waals surface area contributed by atoms with Crippen LogP contribution in [0.4, 0.5) is 51.2 Å². The molecule has 0 spiro atoms. The Kier molecular flexibility index (Phi) is 10.2. The number of aryl methyl sites for hydroxylation is 5. The largest absolute Gasteiger partial charge is 0.311 e. The van der Waals surface area contributed by atoms with Crippen molar-refractivity contribution in [2.24, 2.45) is 0 Å². The van der Waals surface area contributed by atoms with Crippen molar-refractivity contribution in [1.29, 1.82) is 0 Å². The van der Waals surface area contributed by atoms with Gasteiger partial charge in [-0.15, -0.1) is 0 Å². The van der Waals surface area contributed by atoms with Crippen molar-refractivity contribution in [3.05, 3.63) is 203 Å². The summed E-state index contributed by atoms with van der Waals surface area (Å²) in [5.74, 6) is 0. The topological polar surface area (TPSA) is 9.72 Å². The number of hydrogen-bond acceptors (Lipinski definition) is 3. The van der Waals surface area contributed by atoms with Crippen LogP contribution in [0.3, 0.4) is 0 Å². The van der Waals surface area contributed by atoms with E-state index < -0.39 is 0 Å². The highest BCUT2D eigenvalue weighted by Gasteiger charge is 2.44. The lowest BCUT2D eigenvalue weighted by Gasteiger charge is -2.45. The molecule has 65 heavy (non-hydrogen) atoms. The third kappa shape index (κ3) is 7.53. The summed E-state index contributed by atoms with van der Waals surface area (Å²) in [6.45, 7) is 24.9. The van der Waals surface area contributed by atoms with Crippen molar-refractivity contribution in [2.75, 3.05) is 14.7 Å². The van der Waals surface area contributed by atoms with Crippen LogP contribution in [0, 0.1) is 34.6 Å². The second-order valence-electron chi connectivity index (χ2n) is 20.8. The molecule has 0 bridgehead atoms. The summed E-state index contributed by atoms with van der Waals surface area (Å²) in [4.78, 5) is 7.64. The predicted molar refractivity (Wildman–Crippen MR) is 282 cm³/mol. The minimum Gasteiger partial charge on any atom is -0.311 e. The van der Waals surface area contributed by atoms with Gasteiger partial charge in [-0.3, -0.25) is 0 Å². The predicted octanol–water partition coefficient (Wildman–Crippen LogP) is 15.0. The lowest BCUT2D eigenvalue weighted by atomic mass is 9.33. The Morgan fingerprint density at radius 2 is 0.831 bits per heavy atom. The Labute approximate surface area is 388 Å². The normalized spacial score (nSPS) is 13.1. The van der Waals surface area contributed by atoms with Crippen LogP contribution in [0.5, 0.6) is 0 Å². The Bertz CT molecular complexity index is 3070. The number of nitrogens with zero attached hydrogens (tertiary/aromatic N) is 3. The maximum absolute atomic E-state index is 2.59. The van der Waals surface area contributed by atoms with Crippen LogP contribution in [-0.4, -0.2) is 6.71 Å². The quantitative estimate of drug-likeness (QED) is 0.154. The molecule has 8 aromatic rings. The summed E-state index contributed by atoms with van der Waals surface area (Å²) in [5.41, 5.74) is 25.6. The van der Waals surface area contributed by atoms with Crippen molar-refractivity contribution >= 4 is 74.3 Å². The Morgan fingerprint density at radius 1 is 0.385 bits per heavy atom. The molecule has 0 aromatic heterocycles. The zero-order chi connectivity index (χ0) is 45.5. The molecule has 0 saturated heterocycles. The summed E-state index contributed by atoms with van der Waals surface area (Å²) < 4.78 is 0. The first-order valence-electron chi connectivity index (χ1n) is 23.3. The second kappa shape index (κ2) is 15.7. The third-order valence-electron chi connectivity index (χ3n) is 13.6. The molecule has 0 aliphatic carbocycles. The van der Waals surface area contributed by atoms with Gasteiger partial charge in [-0.2, -0.15) is 0 Å². The lowest BCUT2D eigenvalue weighted by molar-refractivity contribution is 0.590. The monoisotopic (exact) mass is 845 g/mol. The number of fused-ring (bicyclic) bond motifs is 4. The molecule has 2 aliphatic heterocycles. The van der Waals surface area contributed by atoms with Gasteiger partial charge in [0.15, 0.2) is 0 Å². The van der Waals surface area contributed by atoms with Crippen LogP contribution in [0.15, 0.2) is 164 Å². The summed E-state index contributed by atoms with van der Waals surface area (Å²) in [5, 5.41) is 0. The van der Waals surface area contributed by atoms with Crippen LogP contribution < -0.4 is 31.1 Å². The molecule has 0 N–H and O–H groups in total. The van der Waals surface area contributed by atoms with E-state index in [4.69, 9.17) is 0 Å². The fourth-order valence-electron chi connectivity index (χ4n) is 10.1. The highest BCUT2D eigenvalue weighted by Crippen LogP contribution is 2.50. The molecule has 2 aliphatic rings. The SMILES string of the molecule is Cc1ccc(-c2cc(C)ccc2N2c3ccc(C)cc3B3c4cc(C)ccc4N(c4ccc(C)cc4)c4cc(N(c5cccc(C(C)(C)C)c5)c5cccc(C(C)(C)C)c5)cc2c43)cc1. The smallest absolute Gasteiger partial charge is 0.252 e. The van der Waals surface area contributed by atoms with Gasteiger partial charge in [-0.1, -0.05) is 160 Å². The van der Waals surface area contributed by atoms with Gasteiger partial charge in [-0.25, -0.2) is 0 Å². The van der Waals surface area contributed by atoms with Gasteiger partial charge in [0, 0.05) is 45.4 Å². The highest BCUT2D eigenvalue weighted by molar-refractivity contribution is 7.00. The summed E-state index contributed by atoms with van der Waals surface area (Å²) in [6.07, 6.45) is 0. The van der Waals surface area contributed by atoms with Gasteiger partial charge < -0.3 is 14.7 Å². The minimum absolute atomic E-state index is 0.00644. The molecule has 0 fully saturated rings. The van der Waals surface area contributed by atoms with Crippen molar-refractivity contribution in [3.8, 4) is 11.1 Å². The molecule has 0 atom stereocenters. The maximum atomic E-state index is 2.59. The van der Waals surface area contributed by atoms with Crippen molar-refractivity contribution in [2.45, 2.75) is 87.0 Å². The average Bonchev–Trinajstić information content (AvgIpc) is 3.27. The van der Waals surface area contributed by atoms with Crippen molar-refractivity contribution in [1.82, 2.24) is 0 Å². The molecule has 0 amide bonds. The molecule has 0 saturated carbocycles. The fraction of sp³-hybridized carbons (Fsp3) is 0.213. The van der Waals surface area contributed by atoms with E-state index in [1.807, 2.05) is 0 Å². The minimum atomic E-state index is -0.0372. The summed E-state index contributed by atoms with van der Waals surface area (Å²) in [7, 11) is 0. The Hall–Kier alpha value is -6.78. The van der Waals surface area contributed by atoms with Gasteiger partial charge in [-0.05, 0) is 151 Å². The van der Waals surface area contributed by atoms with E-state index in [9.17, 15) is 0 Å². The first-order valence-corrected chi connectivity index (χ1v) is 23.3. The molecule has 322 valence electrons. The number of rotatable bonds is 6. The van der Waals surface area contributed by atoms with E-state index >= 15 is 0 Å². The lowest BCUT2D eigenvalue weighted by Crippen LogP contribution is -2.61. The van der Waals surface area contributed by atoms with Crippen LogP contribution in [0.1, 0.15) is 80.5 Å². The third-order valence-corrected chi connectivity index (χ3v) is 13.6. The number of benzene rings is 8. The molecule has 4 heteroatoms. The van der Waals surface area contributed by atoms with E-state index in [1.165, 1.54) is 89.2 Å². The molecule has 0 unspecified atom stereocenters. The summed E-state index contributed by atoms with van der Waals surface area (Å²) >= 11 is 0. The number of anilines is 9. The highest BCUT2D eigenvalue weighted by atomic mass is 15.2. The Balaban J connectivity index is 1.36. The zero-order valence-corrected chi connectivity index (χ0v) is 40.0. The first-order chi connectivity index (χ1) is 31.0. The van der Waals surface area contributed by atoms with E-state index in [0.29, 0.717) is 0 Å². The van der Waals surface area contributed by atoms with Gasteiger partial charge in [0.1, 0.15) is 0 Å². The molecular formula is C61H60BN3. The molecule has 0 radical (unpaired) electrons. The van der Waals surface area contributed by atoms with E-state index in [1.54, 1.807) is 0 Å². The first kappa shape index (κ1) is 42.2. The molecule has 10 rings (SSSR count). The van der Waals surface area contributed by atoms with Crippen LogP contribution in [0.2, 0.25) is 0 Å². The van der Waals surface area contributed by atoms with Crippen molar-refractivity contribution < 1.29 is 0 Å². The van der Waals surface area contributed by atoms with E-state index in [-0.39, 0.29) is 17.5 Å². The van der Waals surface area contributed by atoms with Gasteiger partial charge in [0.05, 0.1) is 11.4 Å². The maximum Gasteiger partial charge on any atom is 0.252 e. The molecule has 3 nitrogen and oxygen atoms in total. The van der Waals surface area contributed by atoms with Gasteiger partial charge >= 0.3 is 0 Å². The average molecular weight is 846 g/mol. The van der Waals surface area contributed by atoms with E-state index in [0.717, 1.165) is 28.4 Å². The Morgan fingerprint density at radius 3 is 1.35 bits per heavy atom. The van der Waals surface area contributed by atoms with Crippen LogP contribution in [-0.2, 0) is 10.8 Å².